The van der Waals surface area contributed by atoms with Gasteiger partial charge in [-0.3, -0.25) is 15.5 Å². The molecule has 8 heteroatoms. The number of nitrogens with zero attached hydrogens (tertiary/aromatic N) is 4. The van der Waals surface area contributed by atoms with Crippen molar-refractivity contribution in [2.75, 3.05) is 24.0 Å². The van der Waals surface area contributed by atoms with E-state index in [4.69, 9.17) is 4.74 Å². The lowest BCUT2D eigenvalue weighted by Gasteiger charge is -2.47. The predicted molar refractivity (Wildman–Crippen MR) is 115 cm³/mol. The Labute approximate surface area is 170 Å². The Balaban J connectivity index is 1.94. The summed E-state index contributed by atoms with van der Waals surface area (Å²) in [5.41, 5.74) is 5.84. The van der Waals surface area contributed by atoms with Gasteiger partial charge in [-0.2, -0.15) is 5.10 Å². The highest BCUT2D eigenvalue weighted by molar-refractivity contribution is 5.86. The molecule has 0 bridgehead atoms. The molecule has 3 rings (SSSR count). The van der Waals surface area contributed by atoms with E-state index in [1.54, 1.807) is 13.3 Å². The van der Waals surface area contributed by atoms with E-state index in [0.29, 0.717) is 11.7 Å². The minimum atomic E-state index is -0.493. The summed E-state index contributed by atoms with van der Waals surface area (Å²) in [4.78, 5) is 17.0. The Morgan fingerprint density at radius 1 is 1.48 bits per heavy atom. The molecule has 0 amide bonds. The van der Waals surface area contributed by atoms with Crippen LogP contribution in [0.4, 0.5) is 17.2 Å². The highest BCUT2D eigenvalue weighted by Gasteiger charge is 2.36. The topological polar surface area (TPSA) is 92.9 Å². The number of fused-ring (bicyclic) bond motifs is 1. The Morgan fingerprint density at radius 2 is 2.24 bits per heavy atom. The van der Waals surface area contributed by atoms with Crippen molar-refractivity contribution < 1.29 is 9.66 Å². The molecule has 1 unspecified atom stereocenters. The van der Waals surface area contributed by atoms with Gasteiger partial charge in [0.2, 0.25) is 5.82 Å². The van der Waals surface area contributed by atoms with Crippen LogP contribution in [0.3, 0.4) is 0 Å². The smallest absolute Gasteiger partial charge is 0.313 e. The van der Waals surface area contributed by atoms with Crippen molar-refractivity contribution in [2.24, 2.45) is 5.10 Å². The van der Waals surface area contributed by atoms with E-state index in [2.05, 4.69) is 60.2 Å². The first kappa shape index (κ1) is 20.6. The molecule has 0 aliphatic carbocycles. The largest absolute Gasteiger partial charge is 0.496 e. The van der Waals surface area contributed by atoms with Crippen molar-refractivity contribution in [2.45, 2.75) is 45.6 Å². The number of hydrogen-bond acceptors (Lipinski definition) is 7. The van der Waals surface area contributed by atoms with Gasteiger partial charge in [0.15, 0.2) is 0 Å². The zero-order chi connectivity index (χ0) is 21.2. The van der Waals surface area contributed by atoms with Gasteiger partial charge in [-0.15, -0.1) is 0 Å². The maximum atomic E-state index is 11.1. The average molecular weight is 397 g/mol. The molecule has 2 aromatic rings. The van der Waals surface area contributed by atoms with Crippen molar-refractivity contribution >= 4 is 23.4 Å². The van der Waals surface area contributed by atoms with E-state index in [-0.39, 0.29) is 17.0 Å². The number of nitrogens with one attached hydrogen (secondary N) is 1. The minimum Gasteiger partial charge on any atom is -0.496 e. The lowest BCUT2D eigenvalue weighted by atomic mass is 9.79. The van der Waals surface area contributed by atoms with E-state index in [1.807, 2.05) is 0 Å². The summed E-state index contributed by atoms with van der Waals surface area (Å²) in [7, 11) is 1.63. The third-order valence-corrected chi connectivity index (χ3v) is 5.41. The molecule has 0 fully saturated rings. The molecule has 1 atom stereocenters. The Bertz CT molecular complexity index is 942. The van der Waals surface area contributed by atoms with Gasteiger partial charge in [-0.1, -0.05) is 6.92 Å². The molecule has 1 aromatic carbocycles. The summed E-state index contributed by atoms with van der Waals surface area (Å²) >= 11 is 0. The number of ether oxygens (including phenoxy) is 1. The van der Waals surface area contributed by atoms with Crippen molar-refractivity contribution in [1.29, 1.82) is 0 Å². The number of anilines is 2. The molecule has 1 aromatic heterocycles. The van der Waals surface area contributed by atoms with Gasteiger partial charge in [0.05, 0.1) is 18.2 Å². The number of nitro groups is 1. The SMILES string of the molecule is CCN1c2cc(OC)c(/C=N\Nc3ncccc3[N+](=O)[O-])cc2C(C)CC1(C)C. The molecule has 0 radical (unpaired) electrons. The van der Waals surface area contributed by atoms with Crippen molar-refractivity contribution in [3.63, 3.8) is 0 Å². The Morgan fingerprint density at radius 3 is 2.90 bits per heavy atom. The first-order chi connectivity index (χ1) is 13.8. The monoisotopic (exact) mass is 397 g/mol. The summed E-state index contributed by atoms with van der Waals surface area (Å²) in [5, 5.41) is 15.3. The highest BCUT2D eigenvalue weighted by Crippen LogP contribution is 2.45. The molecule has 2 heterocycles. The summed E-state index contributed by atoms with van der Waals surface area (Å²) in [6.45, 7) is 9.83. The zero-order valence-electron chi connectivity index (χ0n) is 17.5. The second-order valence-corrected chi connectivity index (χ2v) is 7.81. The summed E-state index contributed by atoms with van der Waals surface area (Å²) in [5.74, 6) is 1.19. The molecule has 29 heavy (non-hydrogen) atoms. The molecular formula is C21H27N5O3. The fourth-order valence-corrected chi connectivity index (χ4v) is 4.20. The lowest BCUT2D eigenvalue weighted by molar-refractivity contribution is -0.384. The number of methoxy groups -OCH3 is 1. The fourth-order valence-electron chi connectivity index (χ4n) is 4.20. The fraction of sp³-hybridized carbons (Fsp3) is 0.429. The minimum absolute atomic E-state index is 0.0707. The van der Waals surface area contributed by atoms with Crippen LogP contribution in [0, 0.1) is 10.1 Å². The van der Waals surface area contributed by atoms with E-state index < -0.39 is 4.92 Å². The second kappa shape index (κ2) is 8.06. The van der Waals surface area contributed by atoms with Crippen LogP contribution in [-0.4, -0.2) is 35.3 Å². The number of hydrogen-bond donors (Lipinski definition) is 1. The van der Waals surface area contributed by atoms with Gasteiger partial charge in [0.1, 0.15) is 5.75 Å². The first-order valence-corrected chi connectivity index (χ1v) is 9.66. The maximum Gasteiger partial charge on any atom is 0.313 e. The van der Waals surface area contributed by atoms with Gasteiger partial charge >= 0.3 is 5.69 Å². The molecule has 1 aliphatic rings. The quantitative estimate of drug-likeness (QED) is 0.436. The Kier molecular flexibility index (Phi) is 5.72. The summed E-state index contributed by atoms with van der Waals surface area (Å²) in [6, 6.07) is 7.05. The van der Waals surface area contributed by atoms with Crippen molar-refractivity contribution in [3.05, 3.63) is 51.7 Å². The molecule has 154 valence electrons. The lowest BCUT2D eigenvalue weighted by Crippen LogP contribution is -2.48. The van der Waals surface area contributed by atoms with E-state index in [9.17, 15) is 10.1 Å². The first-order valence-electron chi connectivity index (χ1n) is 9.66. The molecular weight excluding hydrogens is 370 g/mol. The third-order valence-electron chi connectivity index (χ3n) is 5.41. The van der Waals surface area contributed by atoms with Crippen molar-refractivity contribution in [1.82, 2.24) is 4.98 Å². The molecule has 8 nitrogen and oxygen atoms in total. The summed E-state index contributed by atoms with van der Waals surface area (Å²) < 4.78 is 5.60. The zero-order valence-corrected chi connectivity index (χ0v) is 17.5. The van der Waals surface area contributed by atoms with Crippen LogP contribution >= 0.6 is 0 Å². The number of hydrazone groups is 1. The predicted octanol–water partition coefficient (Wildman–Crippen LogP) is 4.56. The van der Waals surface area contributed by atoms with Crippen LogP contribution in [0.2, 0.25) is 0 Å². The number of aromatic nitrogens is 1. The van der Waals surface area contributed by atoms with Gasteiger partial charge in [-0.05, 0) is 50.8 Å². The third kappa shape index (κ3) is 4.01. The molecule has 1 N–H and O–H groups in total. The average Bonchev–Trinajstić information content (AvgIpc) is 2.67. The summed E-state index contributed by atoms with van der Waals surface area (Å²) in [6.07, 6.45) is 4.14. The van der Waals surface area contributed by atoms with Crippen LogP contribution in [0.1, 0.15) is 51.2 Å². The Hall–Kier alpha value is -3.16. The standard InChI is InChI=1S/C21H27N5O3/c1-6-25-18-11-19(29-5)15(10-16(18)14(2)12-21(25,3)4)13-23-24-20-17(26(27)28)8-7-9-22-20/h7-11,13-14H,6,12H2,1-5H3,(H,22,24)/b23-13-. The van der Waals surface area contributed by atoms with E-state index >= 15 is 0 Å². The van der Waals surface area contributed by atoms with Gasteiger partial charge < -0.3 is 9.64 Å². The van der Waals surface area contributed by atoms with E-state index in [1.165, 1.54) is 29.6 Å². The van der Waals surface area contributed by atoms with Gasteiger partial charge in [0, 0.05) is 41.7 Å². The molecule has 0 saturated carbocycles. The highest BCUT2D eigenvalue weighted by atomic mass is 16.6. The van der Waals surface area contributed by atoms with Crippen LogP contribution in [0.25, 0.3) is 0 Å². The van der Waals surface area contributed by atoms with Crippen LogP contribution in [0.5, 0.6) is 5.75 Å². The second-order valence-electron chi connectivity index (χ2n) is 7.81. The molecule has 0 saturated heterocycles. The molecule has 0 spiro atoms. The maximum absolute atomic E-state index is 11.1. The number of rotatable bonds is 6. The van der Waals surface area contributed by atoms with Gasteiger partial charge in [0.25, 0.3) is 0 Å². The normalized spacial score (nSPS) is 17.8. The van der Waals surface area contributed by atoms with E-state index in [0.717, 1.165) is 18.5 Å². The van der Waals surface area contributed by atoms with Crippen molar-refractivity contribution in [3.8, 4) is 5.75 Å². The molecule has 1 aliphatic heterocycles. The number of pyridine rings is 1. The van der Waals surface area contributed by atoms with Crippen LogP contribution < -0.4 is 15.1 Å². The van der Waals surface area contributed by atoms with Crippen LogP contribution in [0.15, 0.2) is 35.6 Å². The number of benzene rings is 1. The van der Waals surface area contributed by atoms with Gasteiger partial charge in [-0.25, -0.2) is 4.98 Å². The van der Waals surface area contributed by atoms with Crippen LogP contribution in [-0.2, 0) is 0 Å².